The van der Waals surface area contributed by atoms with E-state index in [9.17, 15) is 14.9 Å². The van der Waals surface area contributed by atoms with Gasteiger partial charge in [0.2, 0.25) is 0 Å². The molecule has 3 aliphatic rings. The molecule has 0 amide bonds. The lowest BCUT2D eigenvalue weighted by atomic mass is 10.0. The molecule has 27 heavy (non-hydrogen) atoms. The number of piperazine rings is 3. The number of carbonyl (C=O) groups is 1. The largest absolute Gasteiger partial charge is 0.378 e. The predicted molar refractivity (Wildman–Crippen MR) is 103 cm³/mol. The molecule has 2 aromatic carbocycles. The van der Waals surface area contributed by atoms with Crippen LogP contribution in [0.25, 0.3) is 0 Å². The first kappa shape index (κ1) is 17.6. The van der Waals surface area contributed by atoms with Gasteiger partial charge in [0.1, 0.15) is 5.69 Å². The highest BCUT2D eigenvalue weighted by atomic mass is 16.6. The van der Waals surface area contributed by atoms with Gasteiger partial charge < -0.3 is 5.32 Å². The fourth-order valence-electron chi connectivity index (χ4n) is 3.88. The molecule has 0 radical (unpaired) electrons. The number of benzene rings is 2. The summed E-state index contributed by atoms with van der Waals surface area (Å²) in [5.74, 6) is -0.214. The number of nitro groups is 1. The van der Waals surface area contributed by atoms with Gasteiger partial charge in [0, 0.05) is 62.5 Å². The minimum Gasteiger partial charge on any atom is -0.378 e. The number of nitrogens with one attached hydrogen (secondary N) is 1. The average Bonchev–Trinajstić information content (AvgIpc) is 2.73. The second-order valence-electron chi connectivity index (χ2n) is 7.06. The van der Waals surface area contributed by atoms with E-state index in [1.165, 1.54) is 6.07 Å². The maximum Gasteiger partial charge on any atom is 0.293 e. The number of ketones is 1. The molecule has 2 bridgehead atoms. The Balaban J connectivity index is 1.51. The number of fused-ring (bicyclic) bond motifs is 3. The summed E-state index contributed by atoms with van der Waals surface area (Å²) in [5, 5.41) is 14.8. The SMILES string of the molecule is O=C(c1ccccc1)c1ccc(NCC2CN3CCN2CC3)c([N+](=O)[O-])c1. The van der Waals surface area contributed by atoms with E-state index >= 15 is 0 Å². The van der Waals surface area contributed by atoms with Crippen LogP contribution in [0.1, 0.15) is 15.9 Å². The molecule has 1 unspecified atom stereocenters. The molecule has 3 saturated heterocycles. The monoisotopic (exact) mass is 366 g/mol. The summed E-state index contributed by atoms with van der Waals surface area (Å²) in [6.45, 7) is 5.96. The third kappa shape index (κ3) is 3.70. The van der Waals surface area contributed by atoms with Gasteiger partial charge in [-0.2, -0.15) is 0 Å². The van der Waals surface area contributed by atoms with Crippen LogP contribution in [0.3, 0.4) is 0 Å². The molecule has 1 N–H and O–H groups in total. The highest BCUT2D eigenvalue weighted by Crippen LogP contribution is 2.27. The van der Waals surface area contributed by atoms with Gasteiger partial charge in [-0.05, 0) is 12.1 Å². The third-order valence-electron chi connectivity index (χ3n) is 5.41. The molecule has 7 nitrogen and oxygen atoms in total. The number of nitro benzene ring substituents is 1. The number of anilines is 1. The van der Waals surface area contributed by atoms with Crippen molar-refractivity contribution in [2.24, 2.45) is 0 Å². The van der Waals surface area contributed by atoms with Gasteiger partial charge in [-0.1, -0.05) is 30.3 Å². The summed E-state index contributed by atoms with van der Waals surface area (Å²) in [6, 6.07) is 13.8. The van der Waals surface area contributed by atoms with Crippen molar-refractivity contribution < 1.29 is 9.72 Å². The van der Waals surface area contributed by atoms with E-state index in [1.54, 1.807) is 36.4 Å². The molecular formula is C20H22N4O3. The summed E-state index contributed by atoms with van der Waals surface area (Å²) in [6.07, 6.45) is 0. The first-order chi connectivity index (χ1) is 13.1. The van der Waals surface area contributed by atoms with E-state index in [0.29, 0.717) is 29.4 Å². The van der Waals surface area contributed by atoms with Gasteiger partial charge in [0.25, 0.3) is 5.69 Å². The second kappa shape index (κ2) is 7.46. The molecule has 0 saturated carbocycles. The standard InChI is InChI=1S/C20H22N4O3/c25-20(15-4-2-1-3-5-15)16-6-7-18(19(12-16)24(26)27)21-13-17-14-22-8-10-23(17)11-9-22/h1-7,12,17,21H,8-11,13-14H2. The minimum absolute atomic E-state index is 0.0620. The van der Waals surface area contributed by atoms with Crippen LogP contribution >= 0.6 is 0 Å². The summed E-state index contributed by atoms with van der Waals surface area (Å²) in [4.78, 5) is 28.6. The van der Waals surface area contributed by atoms with Crippen molar-refractivity contribution >= 4 is 17.2 Å². The molecule has 0 aromatic heterocycles. The van der Waals surface area contributed by atoms with Gasteiger partial charge >= 0.3 is 0 Å². The number of nitrogens with zero attached hydrogens (tertiary/aromatic N) is 3. The van der Waals surface area contributed by atoms with Gasteiger partial charge in [-0.3, -0.25) is 24.7 Å². The second-order valence-corrected chi connectivity index (χ2v) is 7.06. The van der Waals surface area contributed by atoms with Gasteiger partial charge in [0.05, 0.1) is 4.92 Å². The Bertz CT molecular complexity index is 848. The number of carbonyl (C=O) groups excluding carboxylic acids is 1. The van der Waals surface area contributed by atoms with E-state index in [0.717, 1.165) is 32.7 Å². The first-order valence-corrected chi connectivity index (χ1v) is 9.20. The highest BCUT2D eigenvalue weighted by molar-refractivity contribution is 6.09. The van der Waals surface area contributed by atoms with Crippen molar-refractivity contribution in [2.45, 2.75) is 6.04 Å². The van der Waals surface area contributed by atoms with Crippen molar-refractivity contribution in [1.29, 1.82) is 0 Å². The number of rotatable bonds is 6. The van der Waals surface area contributed by atoms with E-state index < -0.39 is 4.92 Å². The smallest absolute Gasteiger partial charge is 0.293 e. The quantitative estimate of drug-likeness (QED) is 0.480. The maximum atomic E-state index is 12.6. The van der Waals surface area contributed by atoms with E-state index in [-0.39, 0.29) is 11.5 Å². The number of hydrogen-bond acceptors (Lipinski definition) is 6. The van der Waals surface area contributed by atoms with Gasteiger partial charge in [0.15, 0.2) is 5.78 Å². The van der Waals surface area contributed by atoms with Crippen LogP contribution in [0.15, 0.2) is 48.5 Å². The van der Waals surface area contributed by atoms with Crippen LogP contribution in [-0.4, -0.2) is 65.8 Å². The van der Waals surface area contributed by atoms with Crippen molar-refractivity contribution in [3.63, 3.8) is 0 Å². The van der Waals surface area contributed by atoms with E-state index in [2.05, 4.69) is 15.1 Å². The summed E-state index contributed by atoms with van der Waals surface area (Å²) in [5.41, 5.74) is 1.24. The zero-order valence-electron chi connectivity index (χ0n) is 15.0. The molecule has 7 heteroatoms. The Labute approximate surface area is 157 Å². The summed E-state index contributed by atoms with van der Waals surface area (Å²) >= 11 is 0. The topological polar surface area (TPSA) is 78.7 Å². The van der Waals surface area contributed by atoms with Crippen LogP contribution in [0.5, 0.6) is 0 Å². The first-order valence-electron chi connectivity index (χ1n) is 9.20. The van der Waals surface area contributed by atoms with Crippen molar-refractivity contribution in [1.82, 2.24) is 9.80 Å². The lowest BCUT2D eigenvalue weighted by Crippen LogP contribution is -2.62. The Kier molecular flexibility index (Phi) is 4.87. The molecule has 140 valence electrons. The molecule has 0 spiro atoms. The molecule has 3 aliphatic heterocycles. The zero-order valence-corrected chi connectivity index (χ0v) is 15.0. The highest BCUT2D eigenvalue weighted by Gasteiger charge is 2.31. The van der Waals surface area contributed by atoms with E-state index in [4.69, 9.17) is 0 Å². The van der Waals surface area contributed by atoms with Crippen LogP contribution in [-0.2, 0) is 0 Å². The van der Waals surface area contributed by atoms with Crippen molar-refractivity contribution in [3.05, 3.63) is 69.8 Å². The predicted octanol–water partition coefficient (Wildman–Crippen LogP) is 2.24. The molecule has 1 atom stereocenters. The fraction of sp³-hybridized carbons (Fsp3) is 0.350. The Hall–Kier alpha value is -2.77. The molecular weight excluding hydrogens is 344 g/mol. The van der Waals surface area contributed by atoms with Crippen molar-refractivity contribution in [2.75, 3.05) is 44.6 Å². The molecule has 5 rings (SSSR count). The van der Waals surface area contributed by atoms with Gasteiger partial charge in [-0.15, -0.1) is 0 Å². The average molecular weight is 366 g/mol. The number of hydrogen-bond donors (Lipinski definition) is 1. The minimum atomic E-state index is -0.430. The maximum absolute atomic E-state index is 12.6. The van der Waals surface area contributed by atoms with Crippen LogP contribution in [0, 0.1) is 10.1 Å². The van der Waals surface area contributed by atoms with Crippen LogP contribution in [0.4, 0.5) is 11.4 Å². The van der Waals surface area contributed by atoms with Crippen LogP contribution < -0.4 is 5.32 Å². The van der Waals surface area contributed by atoms with Crippen LogP contribution in [0.2, 0.25) is 0 Å². The lowest BCUT2D eigenvalue weighted by molar-refractivity contribution is -0.384. The molecule has 3 fully saturated rings. The molecule has 2 aromatic rings. The molecule has 0 aliphatic carbocycles. The van der Waals surface area contributed by atoms with Gasteiger partial charge in [-0.25, -0.2) is 0 Å². The van der Waals surface area contributed by atoms with E-state index in [1.807, 2.05) is 6.07 Å². The zero-order chi connectivity index (χ0) is 18.8. The summed E-state index contributed by atoms with van der Waals surface area (Å²) in [7, 11) is 0. The Morgan fingerprint density at radius 3 is 2.44 bits per heavy atom. The molecule has 3 heterocycles. The third-order valence-corrected chi connectivity index (χ3v) is 5.41. The normalized spacial score (nSPS) is 23.8. The Morgan fingerprint density at radius 1 is 1.07 bits per heavy atom. The summed E-state index contributed by atoms with van der Waals surface area (Å²) < 4.78 is 0. The Morgan fingerprint density at radius 2 is 1.81 bits per heavy atom. The lowest BCUT2D eigenvalue weighted by Gasteiger charge is -2.47. The van der Waals surface area contributed by atoms with Crippen molar-refractivity contribution in [3.8, 4) is 0 Å². The fourth-order valence-corrected chi connectivity index (χ4v) is 3.88.